The Morgan fingerprint density at radius 3 is 2.67 bits per heavy atom. The summed E-state index contributed by atoms with van der Waals surface area (Å²) in [5, 5.41) is 3.01. The highest BCUT2D eigenvalue weighted by atomic mass is 16.2. The molecule has 1 N–H and O–H groups in total. The minimum Gasteiger partial charge on any atom is -0.310 e. The molecule has 1 aliphatic rings. The molecule has 0 radical (unpaired) electrons. The molecule has 21 heavy (non-hydrogen) atoms. The largest absolute Gasteiger partial charge is 0.310 e. The van der Waals surface area contributed by atoms with E-state index in [1.54, 1.807) is 6.20 Å². The molecule has 0 bridgehead atoms. The van der Waals surface area contributed by atoms with E-state index in [1.165, 1.54) is 5.56 Å². The van der Waals surface area contributed by atoms with Crippen molar-refractivity contribution in [1.29, 1.82) is 0 Å². The lowest BCUT2D eigenvalue weighted by Gasteiger charge is -2.37. The minimum absolute atomic E-state index is 0.103. The number of hydrogen-bond donors (Lipinski definition) is 1. The highest BCUT2D eigenvalue weighted by molar-refractivity contribution is 5.94. The first-order chi connectivity index (χ1) is 9.94. The average Bonchev–Trinajstić information content (AvgIpc) is 2.48. The molecule has 1 fully saturated rings. The van der Waals surface area contributed by atoms with Crippen LogP contribution in [-0.2, 0) is 4.79 Å². The number of rotatable bonds is 4. The van der Waals surface area contributed by atoms with E-state index in [0.717, 1.165) is 32.5 Å². The molecular weight excluding hydrogens is 262 g/mol. The summed E-state index contributed by atoms with van der Waals surface area (Å²) in [6.45, 7) is 11.6. The zero-order valence-corrected chi connectivity index (χ0v) is 13.6. The molecule has 1 aromatic rings. The third-order valence-electron chi connectivity index (χ3n) is 4.65. The van der Waals surface area contributed by atoms with Crippen LogP contribution in [0.4, 0.5) is 5.82 Å². The number of carbonyl (C=O) groups excluding carboxylic acids is 1. The fourth-order valence-electron chi connectivity index (χ4n) is 2.73. The Labute approximate surface area is 127 Å². The van der Waals surface area contributed by atoms with Crippen LogP contribution >= 0.6 is 0 Å². The van der Waals surface area contributed by atoms with Crippen LogP contribution in [0, 0.1) is 5.41 Å². The number of nitrogens with one attached hydrogen (secondary N) is 1. The molecule has 0 atom stereocenters. The fourth-order valence-corrected chi connectivity index (χ4v) is 2.73. The summed E-state index contributed by atoms with van der Waals surface area (Å²) in [6.07, 6.45) is 3.60. The molecule has 1 aliphatic heterocycles. The van der Waals surface area contributed by atoms with E-state index >= 15 is 0 Å². The summed E-state index contributed by atoms with van der Waals surface area (Å²) in [6, 6.07) is 3.98. The number of aromatic nitrogens is 1. The van der Waals surface area contributed by atoms with Crippen molar-refractivity contribution in [1.82, 2.24) is 9.88 Å². The maximum Gasteiger partial charge on any atom is 0.231 e. The van der Waals surface area contributed by atoms with Crippen LogP contribution in [0.25, 0.3) is 0 Å². The SMILES string of the molecule is CCN1CCC(C)(C(=O)Nc2cc(C(C)C)ccn2)CC1. The van der Waals surface area contributed by atoms with E-state index in [1.807, 2.05) is 12.1 Å². The smallest absolute Gasteiger partial charge is 0.231 e. The molecule has 2 rings (SSSR count). The number of amides is 1. The van der Waals surface area contributed by atoms with Gasteiger partial charge in [0.2, 0.25) is 5.91 Å². The van der Waals surface area contributed by atoms with Gasteiger partial charge in [0.1, 0.15) is 5.82 Å². The van der Waals surface area contributed by atoms with Crippen molar-refractivity contribution >= 4 is 11.7 Å². The van der Waals surface area contributed by atoms with Crippen molar-refractivity contribution in [3.8, 4) is 0 Å². The van der Waals surface area contributed by atoms with Crippen LogP contribution in [-0.4, -0.2) is 35.4 Å². The highest BCUT2D eigenvalue weighted by Crippen LogP contribution is 2.32. The van der Waals surface area contributed by atoms with Gasteiger partial charge in [-0.15, -0.1) is 0 Å². The van der Waals surface area contributed by atoms with Gasteiger partial charge in [-0.05, 0) is 56.1 Å². The molecule has 1 amide bonds. The van der Waals surface area contributed by atoms with Gasteiger partial charge in [-0.3, -0.25) is 4.79 Å². The van der Waals surface area contributed by atoms with Crippen molar-refractivity contribution in [2.45, 2.75) is 46.5 Å². The summed E-state index contributed by atoms with van der Waals surface area (Å²) in [4.78, 5) is 19.3. The predicted molar refractivity (Wildman–Crippen MR) is 86.4 cm³/mol. The van der Waals surface area contributed by atoms with Gasteiger partial charge >= 0.3 is 0 Å². The molecular formula is C17H27N3O. The Kier molecular flexibility index (Phi) is 4.99. The van der Waals surface area contributed by atoms with Gasteiger partial charge < -0.3 is 10.2 Å². The van der Waals surface area contributed by atoms with Crippen LogP contribution in [0.1, 0.15) is 52.0 Å². The molecule has 0 spiro atoms. The van der Waals surface area contributed by atoms with Gasteiger partial charge in [0.25, 0.3) is 0 Å². The number of pyridine rings is 1. The maximum atomic E-state index is 12.6. The monoisotopic (exact) mass is 289 g/mol. The van der Waals surface area contributed by atoms with Crippen LogP contribution in [0.2, 0.25) is 0 Å². The van der Waals surface area contributed by atoms with Crippen molar-refractivity contribution in [2.75, 3.05) is 25.0 Å². The third kappa shape index (κ3) is 3.82. The predicted octanol–water partition coefficient (Wildman–Crippen LogP) is 3.27. The van der Waals surface area contributed by atoms with E-state index in [0.29, 0.717) is 11.7 Å². The molecule has 4 heteroatoms. The fraction of sp³-hybridized carbons (Fsp3) is 0.647. The lowest BCUT2D eigenvalue weighted by molar-refractivity contribution is -0.127. The van der Waals surface area contributed by atoms with Crippen molar-refractivity contribution < 1.29 is 4.79 Å². The van der Waals surface area contributed by atoms with Crippen LogP contribution in [0.5, 0.6) is 0 Å². The number of carbonyl (C=O) groups is 1. The molecule has 116 valence electrons. The van der Waals surface area contributed by atoms with E-state index in [9.17, 15) is 4.79 Å². The van der Waals surface area contributed by atoms with E-state index < -0.39 is 0 Å². The first kappa shape index (κ1) is 16.0. The summed E-state index contributed by atoms with van der Waals surface area (Å²) < 4.78 is 0. The molecule has 0 aliphatic carbocycles. The van der Waals surface area contributed by atoms with Crippen molar-refractivity contribution in [3.63, 3.8) is 0 Å². The molecule has 4 nitrogen and oxygen atoms in total. The first-order valence-electron chi connectivity index (χ1n) is 7.94. The third-order valence-corrected chi connectivity index (χ3v) is 4.65. The Balaban J connectivity index is 2.02. The van der Waals surface area contributed by atoms with Crippen molar-refractivity contribution in [3.05, 3.63) is 23.9 Å². The average molecular weight is 289 g/mol. The second-order valence-electron chi connectivity index (χ2n) is 6.58. The summed E-state index contributed by atoms with van der Waals surface area (Å²) in [5.41, 5.74) is 0.924. The molecule has 0 aromatic carbocycles. The van der Waals surface area contributed by atoms with Gasteiger partial charge in [-0.25, -0.2) is 4.98 Å². The van der Waals surface area contributed by atoms with Gasteiger partial charge in [0, 0.05) is 11.6 Å². The van der Waals surface area contributed by atoms with Crippen LogP contribution in [0.3, 0.4) is 0 Å². The number of piperidine rings is 1. The second kappa shape index (κ2) is 6.56. The Morgan fingerprint density at radius 2 is 2.10 bits per heavy atom. The quantitative estimate of drug-likeness (QED) is 0.925. The van der Waals surface area contributed by atoms with Gasteiger partial charge in [0.15, 0.2) is 0 Å². The maximum absolute atomic E-state index is 12.6. The highest BCUT2D eigenvalue weighted by Gasteiger charge is 2.36. The number of anilines is 1. The van der Waals surface area contributed by atoms with E-state index in [-0.39, 0.29) is 11.3 Å². The lowest BCUT2D eigenvalue weighted by Crippen LogP contribution is -2.44. The van der Waals surface area contributed by atoms with Gasteiger partial charge in [-0.1, -0.05) is 27.7 Å². The Morgan fingerprint density at radius 1 is 1.43 bits per heavy atom. The zero-order chi connectivity index (χ0) is 15.5. The van der Waals surface area contributed by atoms with Crippen molar-refractivity contribution in [2.24, 2.45) is 5.41 Å². The van der Waals surface area contributed by atoms with Gasteiger partial charge in [0.05, 0.1) is 0 Å². The molecule has 1 aromatic heterocycles. The zero-order valence-electron chi connectivity index (χ0n) is 13.6. The summed E-state index contributed by atoms with van der Waals surface area (Å²) >= 11 is 0. The molecule has 2 heterocycles. The number of nitrogens with zero attached hydrogens (tertiary/aromatic N) is 2. The Hall–Kier alpha value is -1.42. The van der Waals surface area contributed by atoms with E-state index in [2.05, 4.69) is 42.9 Å². The van der Waals surface area contributed by atoms with E-state index in [4.69, 9.17) is 0 Å². The topological polar surface area (TPSA) is 45.2 Å². The summed E-state index contributed by atoms with van der Waals surface area (Å²) in [7, 11) is 0. The van der Waals surface area contributed by atoms with Gasteiger partial charge in [-0.2, -0.15) is 0 Å². The first-order valence-corrected chi connectivity index (χ1v) is 7.94. The minimum atomic E-state index is -0.277. The second-order valence-corrected chi connectivity index (χ2v) is 6.58. The number of likely N-dealkylation sites (tertiary alicyclic amines) is 1. The Bertz CT molecular complexity index is 491. The molecule has 0 saturated carbocycles. The van der Waals surface area contributed by atoms with Crippen LogP contribution in [0.15, 0.2) is 18.3 Å². The molecule has 0 unspecified atom stereocenters. The molecule has 1 saturated heterocycles. The normalized spacial score (nSPS) is 18.7. The standard InChI is InChI=1S/C17H27N3O/c1-5-20-10-7-17(4,8-11-20)16(21)19-15-12-14(13(2)3)6-9-18-15/h6,9,12-13H,5,7-8,10-11H2,1-4H3,(H,18,19,21). The van der Waals surface area contributed by atoms with Crippen LogP contribution < -0.4 is 5.32 Å². The number of hydrogen-bond acceptors (Lipinski definition) is 3. The lowest BCUT2D eigenvalue weighted by atomic mass is 9.79. The summed E-state index contributed by atoms with van der Waals surface area (Å²) in [5.74, 6) is 1.21.